The maximum absolute atomic E-state index is 5.97. The third-order valence-corrected chi connectivity index (χ3v) is 4.42. The van der Waals surface area contributed by atoms with Crippen molar-refractivity contribution in [2.75, 3.05) is 7.11 Å². The molecule has 0 amide bonds. The molecule has 3 atom stereocenters. The van der Waals surface area contributed by atoms with Crippen LogP contribution in [0.4, 0.5) is 0 Å². The molecule has 5 nitrogen and oxygen atoms in total. The van der Waals surface area contributed by atoms with E-state index in [1.165, 1.54) is 0 Å². The summed E-state index contributed by atoms with van der Waals surface area (Å²) in [6.45, 7) is 7.99. The van der Waals surface area contributed by atoms with Crippen LogP contribution in [0.3, 0.4) is 0 Å². The highest BCUT2D eigenvalue weighted by atomic mass is 79.9. The number of benzene rings is 1. The fourth-order valence-corrected chi connectivity index (χ4v) is 2.97. The smallest absolute Gasteiger partial charge is 0.231 e. The number of hydrogen-bond donors (Lipinski definition) is 0. The van der Waals surface area contributed by atoms with Gasteiger partial charge in [-0.15, -0.1) is 0 Å². The van der Waals surface area contributed by atoms with Gasteiger partial charge in [-0.1, -0.05) is 22.5 Å². The van der Waals surface area contributed by atoms with E-state index in [2.05, 4.69) is 22.5 Å². The molecule has 0 radical (unpaired) electrons. The van der Waals surface area contributed by atoms with Crippen molar-refractivity contribution in [3.8, 4) is 5.75 Å². The summed E-state index contributed by atoms with van der Waals surface area (Å²) < 4.78 is 29.3. The lowest BCUT2D eigenvalue weighted by molar-refractivity contribution is -0.191. The van der Waals surface area contributed by atoms with Gasteiger partial charge in [-0.2, -0.15) is 0 Å². The third kappa shape index (κ3) is 3.01. The minimum Gasteiger partial charge on any atom is -0.497 e. The molecule has 2 aliphatic heterocycles. The summed E-state index contributed by atoms with van der Waals surface area (Å²) in [6, 6.07) is 5.74. The van der Waals surface area contributed by atoms with E-state index in [4.69, 9.17) is 23.7 Å². The van der Waals surface area contributed by atoms with Crippen LogP contribution in [0.1, 0.15) is 19.4 Å². The average molecular weight is 371 g/mol. The highest BCUT2D eigenvalue weighted by Gasteiger charge is 2.53. The van der Waals surface area contributed by atoms with Gasteiger partial charge in [0, 0.05) is 4.47 Å². The Bertz CT molecular complexity index is 586. The van der Waals surface area contributed by atoms with Crippen molar-refractivity contribution in [3.05, 3.63) is 40.6 Å². The van der Waals surface area contributed by atoms with E-state index in [-0.39, 0.29) is 12.2 Å². The fraction of sp³-hybridized carbons (Fsp3) is 0.500. The molecule has 0 N–H and O–H groups in total. The summed E-state index contributed by atoms with van der Waals surface area (Å²) in [5.74, 6) is 0.640. The van der Waals surface area contributed by atoms with Gasteiger partial charge in [-0.25, -0.2) is 0 Å². The van der Waals surface area contributed by atoms with Crippen molar-refractivity contribution in [2.24, 2.45) is 0 Å². The second kappa shape index (κ2) is 5.85. The lowest BCUT2D eigenvalue weighted by Gasteiger charge is -2.22. The Kier molecular flexibility index (Phi) is 4.20. The number of hydrogen-bond acceptors (Lipinski definition) is 5. The van der Waals surface area contributed by atoms with E-state index in [1.54, 1.807) is 7.11 Å². The normalized spacial score (nSPS) is 29.3. The van der Waals surface area contributed by atoms with Gasteiger partial charge >= 0.3 is 0 Å². The van der Waals surface area contributed by atoms with Crippen molar-refractivity contribution < 1.29 is 23.7 Å². The van der Waals surface area contributed by atoms with Gasteiger partial charge in [0.1, 0.15) is 17.6 Å². The van der Waals surface area contributed by atoms with Crippen molar-refractivity contribution in [1.29, 1.82) is 0 Å². The highest BCUT2D eigenvalue weighted by Crippen LogP contribution is 2.40. The van der Waals surface area contributed by atoms with Crippen LogP contribution in [0.5, 0.6) is 5.75 Å². The van der Waals surface area contributed by atoms with Crippen molar-refractivity contribution >= 4 is 15.9 Å². The predicted octanol–water partition coefficient (Wildman–Crippen LogP) is 3.36. The number of ether oxygens (including phenoxy) is 5. The van der Waals surface area contributed by atoms with E-state index in [0.29, 0.717) is 12.4 Å². The van der Waals surface area contributed by atoms with Crippen LogP contribution in [0.25, 0.3) is 0 Å². The summed E-state index contributed by atoms with van der Waals surface area (Å²) >= 11 is 3.51. The molecule has 0 aromatic heterocycles. The summed E-state index contributed by atoms with van der Waals surface area (Å²) in [7, 11) is 1.64. The molecule has 1 aromatic rings. The van der Waals surface area contributed by atoms with E-state index in [0.717, 1.165) is 15.8 Å². The quantitative estimate of drug-likeness (QED) is 0.812. The van der Waals surface area contributed by atoms with Crippen LogP contribution in [-0.4, -0.2) is 31.4 Å². The maximum Gasteiger partial charge on any atom is 0.231 e. The zero-order chi connectivity index (χ0) is 15.9. The van der Waals surface area contributed by atoms with Crippen molar-refractivity contribution in [1.82, 2.24) is 0 Å². The van der Waals surface area contributed by atoms with Crippen LogP contribution in [0.2, 0.25) is 0 Å². The third-order valence-electron chi connectivity index (χ3n) is 3.64. The van der Waals surface area contributed by atoms with Crippen LogP contribution < -0.4 is 4.74 Å². The predicted molar refractivity (Wildman–Crippen MR) is 83.3 cm³/mol. The van der Waals surface area contributed by atoms with E-state index < -0.39 is 12.1 Å². The van der Waals surface area contributed by atoms with Crippen LogP contribution in [0, 0.1) is 0 Å². The largest absolute Gasteiger partial charge is 0.497 e. The summed E-state index contributed by atoms with van der Waals surface area (Å²) in [5.41, 5.74) is 0.980. The van der Waals surface area contributed by atoms with E-state index in [9.17, 15) is 0 Å². The Hall–Kier alpha value is -1.08. The number of fused-ring (bicyclic) bond motifs is 1. The van der Waals surface area contributed by atoms with Gasteiger partial charge < -0.3 is 23.7 Å². The Morgan fingerprint density at radius 1 is 1.32 bits per heavy atom. The maximum atomic E-state index is 5.97. The SMILES string of the molecule is C=C1O[C@@H]2OC(C)(C)O[C@@H]2[C@H]1OCc1cc(OC)ccc1Br. The van der Waals surface area contributed by atoms with Gasteiger partial charge in [0.25, 0.3) is 0 Å². The molecular formula is C16H19BrO5. The standard InChI is InChI=1S/C16H19BrO5/c1-9-13(14-15(20-9)22-16(2,3)21-14)19-8-10-7-11(18-4)5-6-12(10)17/h5-7,13-15H,1,8H2,2-4H3/t13-,14+,15+/m0/s1. The molecule has 2 aliphatic rings. The van der Waals surface area contributed by atoms with Gasteiger partial charge in [0.2, 0.25) is 6.29 Å². The first-order valence-corrected chi connectivity index (χ1v) is 7.84. The number of methoxy groups -OCH3 is 1. The van der Waals surface area contributed by atoms with Gasteiger partial charge in [-0.05, 0) is 37.6 Å². The fourth-order valence-electron chi connectivity index (χ4n) is 2.61. The molecule has 0 spiro atoms. The zero-order valence-electron chi connectivity index (χ0n) is 12.8. The monoisotopic (exact) mass is 370 g/mol. The number of rotatable bonds is 4. The molecule has 0 aliphatic carbocycles. The Labute approximate surface area is 138 Å². The molecule has 0 saturated carbocycles. The molecular weight excluding hydrogens is 352 g/mol. The Morgan fingerprint density at radius 2 is 2.09 bits per heavy atom. The van der Waals surface area contributed by atoms with E-state index in [1.807, 2.05) is 32.0 Å². The summed E-state index contributed by atoms with van der Waals surface area (Å²) in [4.78, 5) is 0. The minimum atomic E-state index is -0.672. The molecule has 2 saturated heterocycles. The second-order valence-electron chi connectivity index (χ2n) is 5.74. The Morgan fingerprint density at radius 3 is 2.82 bits per heavy atom. The molecule has 2 heterocycles. The molecule has 0 bridgehead atoms. The first kappa shape index (κ1) is 15.8. The zero-order valence-corrected chi connectivity index (χ0v) is 14.4. The summed E-state index contributed by atoms with van der Waals surface area (Å²) in [5, 5.41) is 0. The number of halogens is 1. The van der Waals surface area contributed by atoms with Gasteiger partial charge in [-0.3, -0.25) is 0 Å². The van der Waals surface area contributed by atoms with Gasteiger partial charge in [0.05, 0.1) is 13.7 Å². The topological polar surface area (TPSA) is 46.2 Å². The van der Waals surface area contributed by atoms with Crippen molar-refractivity contribution in [3.63, 3.8) is 0 Å². The van der Waals surface area contributed by atoms with Crippen molar-refractivity contribution in [2.45, 2.75) is 44.7 Å². The Balaban J connectivity index is 1.70. The molecule has 120 valence electrons. The molecule has 1 aromatic carbocycles. The van der Waals surface area contributed by atoms with Crippen LogP contribution in [-0.2, 0) is 25.6 Å². The molecule has 2 fully saturated rings. The minimum absolute atomic E-state index is 0.299. The van der Waals surface area contributed by atoms with Crippen LogP contribution >= 0.6 is 15.9 Å². The van der Waals surface area contributed by atoms with Crippen LogP contribution in [0.15, 0.2) is 35.0 Å². The average Bonchev–Trinajstić information content (AvgIpc) is 2.89. The molecule has 0 unspecified atom stereocenters. The first-order valence-electron chi connectivity index (χ1n) is 7.05. The molecule has 22 heavy (non-hydrogen) atoms. The lowest BCUT2D eigenvalue weighted by atomic mass is 10.2. The molecule has 3 rings (SSSR count). The second-order valence-corrected chi connectivity index (χ2v) is 6.60. The van der Waals surface area contributed by atoms with E-state index >= 15 is 0 Å². The lowest BCUT2D eigenvalue weighted by Crippen LogP contribution is -2.31. The summed E-state index contributed by atoms with van der Waals surface area (Å²) in [6.07, 6.45) is -1.11. The van der Waals surface area contributed by atoms with Gasteiger partial charge in [0.15, 0.2) is 11.9 Å². The highest BCUT2D eigenvalue weighted by molar-refractivity contribution is 9.10. The first-order chi connectivity index (χ1) is 10.4. The molecule has 6 heteroatoms.